The molecule has 0 spiro atoms. The van der Waals surface area contributed by atoms with Crippen molar-refractivity contribution in [2.45, 2.75) is 45.4 Å². The molecule has 1 N–H and O–H groups in total. The van der Waals surface area contributed by atoms with E-state index in [1.54, 1.807) is 4.90 Å². The summed E-state index contributed by atoms with van der Waals surface area (Å²) in [6.45, 7) is 3.07. The topological polar surface area (TPSA) is 75.7 Å². The van der Waals surface area contributed by atoms with Gasteiger partial charge in [-0.25, -0.2) is 0 Å². The molecular formula is C20H28N2O4. The number of aryl methyl sites for hydroxylation is 1. The molecule has 0 radical (unpaired) electrons. The fraction of sp³-hybridized carbons (Fsp3) is 0.550. The standard InChI is InChI=1S/C20H28N2O4/c1-3-15-8-7-9-17(12-15)22-14-16(13-18(22)23)20(25)21-11-6-4-5-10-19(24)26-2/h7-9,12,16H,3-6,10-11,13-14H2,1-2H3,(H,21,25). The van der Waals surface area contributed by atoms with E-state index in [1.165, 1.54) is 12.7 Å². The molecule has 142 valence electrons. The van der Waals surface area contributed by atoms with Crippen LogP contribution in [0, 0.1) is 5.92 Å². The highest BCUT2D eigenvalue weighted by molar-refractivity contribution is 6.00. The van der Waals surface area contributed by atoms with Gasteiger partial charge in [-0.1, -0.05) is 25.5 Å². The molecule has 1 atom stereocenters. The number of nitrogens with zero attached hydrogens (tertiary/aromatic N) is 1. The second-order valence-electron chi connectivity index (χ2n) is 6.61. The van der Waals surface area contributed by atoms with Gasteiger partial charge in [-0.2, -0.15) is 0 Å². The smallest absolute Gasteiger partial charge is 0.305 e. The van der Waals surface area contributed by atoms with Gasteiger partial charge in [-0.05, 0) is 37.0 Å². The number of hydrogen-bond donors (Lipinski definition) is 1. The minimum absolute atomic E-state index is 0.00326. The SMILES string of the molecule is CCc1cccc(N2CC(C(=O)NCCCCCC(=O)OC)CC2=O)c1. The third-order valence-corrected chi connectivity index (χ3v) is 4.71. The number of esters is 1. The van der Waals surface area contributed by atoms with Crippen LogP contribution in [0.5, 0.6) is 0 Å². The van der Waals surface area contributed by atoms with Gasteiger partial charge in [0, 0.05) is 31.6 Å². The molecule has 2 rings (SSSR count). The van der Waals surface area contributed by atoms with Crippen molar-refractivity contribution in [3.63, 3.8) is 0 Å². The number of nitrogens with one attached hydrogen (secondary N) is 1. The number of unbranched alkanes of at least 4 members (excludes halogenated alkanes) is 2. The maximum atomic E-state index is 12.3. The van der Waals surface area contributed by atoms with Crippen LogP contribution < -0.4 is 10.2 Å². The van der Waals surface area contributed by atoms with Crippen LogP contribution in [0.4, 0.5) is 5.69 Å². The summed E-state index contributed by atoms with van der Waals surface area (Å²) in [5, 5.41) is 2.91. The first kappa shape index (κ1) is 19.9. The number of amides is 2. The Kier molecular flexibility index (Phi) is 7.63. The average Bonchev–Trinajstić information content (AvgIpc) is 3.06. The first-order chi connectivity index (χ1) is 12.5. The van der Waals surface area contributed by atoms with Crippen molar-refractivity contribution in [3.05, 3.63) is 29.8 Å². The van der Waals surface area contributed by atoms with Crippen LogP contribution >= 0.6 is 0 Å². The minimum atomic E-state index is -0.303. The lowest BCUT2D eigenvalue weighted by Gasteiger charge is -2.17. The number of anilines is 1. The summed E-state index contributed by atoms with van der Waals surface area (Å²) >= 11 is 0. The van der Waals surface area contributed by atoms with Crippen LogP contribution in [0.25, 0.3) is 0 Å². The van der Waals surface area contributed by atoms with Gasteiger partial charge >= 0.3 is 5.97 Å². The van der Waals surface area contributed by atoms with Crippen LogP contribution in [0.15, 0.2) is 24.3 Å². The van der Waals surface area contributed by atoms with Crippen LogP contribution in [-0.4, -0.2) is 38.0 Å². The summed E-state index contributed by atoms with van der Waals surface area (Å²) in [6.07, 6.45) is 4.00. The monoisotopic (exact) mass is 360 g/mol. The second-order valence-corrected chi connectivity index (χ2v) is 6.61. The summed E-state index contributed by atoms with van der Waals surface area (Å²) in [6, 6.07) is 7.91. The Morgan fingerprint density at radius 1 is 1.27 bits per heavy atom. The molecule has 0 aromatic heterocycles. The first-order valence-electron chi connectivity index (χ1n) is 9.29. The number of rotatable bonds is 9. The fourth-order valence-electron chi connectivity index (χ4n) is 3.11. The summed E-state index contributed by atoms with van der Waals surface area (Å²) in [5.41, 5.74) is 2.04. The van der Waals surface area contributed by atoms with Gasteiger partial charge in [0.1, 0.15) is 0 Å². The molecule has 1 unspecified atom stereocenters. The zero-order valence-corrected chi connectivity index (χ0v) is 15.6. The zero-order valence-electron chi connectivity index (χ0n) is 15.6. The molecule has 2 amide bonds. The Hall–Kier alpha value is -2.37. The van der Waals surface area contributed by atoms with Gasteiger partial charge in [-0.3, -0.25) is 14.4 Å². The second kappa shape index (κ2) is 9.94. The lowest BCUT2D eigenvalue weighted by Crippen LogP contribution is -2.33. The van der Waals surface area contributed by atoms with E-state index in [-0.39, 0.29) is 30.1 Å². The first-order valence-corrected chi connectivity index (χ1v) is 9.29. The van der Waals surface area contributed by atoms with Gasteiger partial charge in [-0.15, -0.1) is 0 Å². The van der Waals surface area contributed by atoms with E-state index in [1.807, 2.05) is 24.3 Å². The van der Waals surface area contributed by atoms with E-state index in [4.69, 9.17) is 0 Å². The van der Waals surface area contributed by atoms with E-state index in [9.17, 15) is 14.4 Å². The van der Waals surface area contributed by atoms with Gasteiger partial charge in [0.2, 0.25) is 11.8 Å². The number of carbonyl (C=O) groups is 3. The van der Waals surface area contributed by atoms with E-state index >= 15 is 0 Å². The molecule has 6 heteroatoms. The van der Waals surface area contributed by atoms with E-state index in [0.29, 0.717) is 19.5 Å². The third-order valence-electron chi connectivity index (χ3n) is 4.71. The Labute approximate surface area is 154 Å². The predicted octanol–water partition coefficient (Wildman–Crippen LogP) is 2.45. The number of methoxy groups -OCH3 is 1. The lowest BCUT2D eigenvalue weighted by atomic mass is 10.1. The number of ether oxygens (including phenoxy) is 1. The van der Waals surface area contributed by atoms with Crippen molar-refractivity contribution >= 4 is 23.5 Å². The van der Waals surface area contributed by atoms with Gasteiger partial charge in [0.25, 0.3) is 0 Å². The van der Waals surface area contributed by atoms with Crippen molar-refractivity contribution in [1.82, 2.24) is 5.32 Å². The predicted molar refractivity (Wildman–Crippen MR) is 99.8 cm³/mol. The highest BCUT2D eigenvalue weighted by Gasteiger charge is 2.34. The molecule has 26 heavy (non-hydrogen) atoms. The van der Waals surface area contributed by atoms with Gasteiger partial charge in [0.15, 0.2) is 0 Å². The maximum absolute atomic E-state index is 12.3. The molecule has 1 aromatic rings. The van der Waals surface area contributed by atoms with Crippen LogP contribution in [-0.2, 0) is 25.5 Å². The normalized spacial score (nSPS) is 16.6. The molecule has 1 aromatic carbocycles. The van der Waals surface area contributed by atoms with Crippen molar-refractivity contribution in [2.75, 3.05) is 25.1 Å². The molecule has 0 saturated carbocycles. The quantitative estimate of drug-likeness (QED) is 0.542. The van der Waals surface area contributed by atoms with Crippen LogP contribution in [0.1, 0.15) is 44.6 Å². The molecule has 6 nitrogen and oxygen atoms in total. The summed E-state index contributed by atoms with van der Waals surface area (Å²) in [4.78, 5) is 37.3. The van der Waals surface area contributed by atoms with E-state index in [2.05, 4.69) is 17.0 Å². The maximum Gasteiger partial charge on any atom is 0.305 e. The van der Waals surface area contributed by atoms with Gasteiger partial charge in [0.05, 0.1) is 13.0 Å². The molecule has 1 fully saturated rings. The molecule has 1 heterocycles. The van der Waals surface area contributed by atoms with Gasteiger partial charge < -0.3 is 15.0 Å². The van der Waals surface area contributed by atoms with Crippen molar-refractivity contribution in [3.8, 4) is 0 Å². The molecule has 0 bridgehead atoms. The third kappa shape index (κ3) is 5.58. The molecule has 1 aliphatic heterocycles. The Balaban J connectivity index is 1.75. The Bertz CT molecular complexity index is 644. The average molecular weight is 360 g/mol. The van der Waals surface area contributed by atoms with Crippen LogP contribution in [0.3, 0.4) is 0 Å². The molecular weight excluding hydrogens is 332 g/mol. The molecule has 1 saturated heterocycles. The van der Waals surface area contributed by atoms with E-state index in [0.717, 1.165) is 31.4 Å². The highest BCUT2D eigenvalue weighted by Crippen LogP contribution is 2.26. The highest BCUT2D eigenvalue weighted by atomic mass is 16.5. The lowest BCUT2D eigenvalue weighted by molar-refractivity contribution is -0.140. The molecule has 1 aliphatic rings. The number of benzene rings is 1. The number of carbonyl (C=O) groups excluding carboxylic acids is 3. The Morgan fingerprint density at radius 3 is 2.81 bits per heavy atom. The largest absolute Gasteiger partial charge is 0.469 e. The summed E-state index contributed by atoms with van der Waals surface area (Å²) < 4.78 is 4.59. The molecule has 0 aliphatic carbocycles. The fourth-order valence-corrected chi connectivity index (χ4v) is 3.11. The van der Waals surface area contributed by atoms with Crippen LogP contribution in [0.2, 0.25) is 0 Å². The van der Waals surface area contributed by atoms with Crippen molar-refractivity contribution in [2.24, 2.45) is 5.92 Å². The Morgan fingerprint density at radius 2 is 2.08 bits per heavy atom. The van der Waals surface area contributed by atoms with Crippen molar-refractivity contribution < 1.29 is 19.1 Å². The minimum Gasteiger partial charge on any atom is -0.469 e. The zero-order chi connectivity index (χ0) is 18.9. The summed E-state index contributed by atoms with van der Waals surface area (Å²) in [5.74, 6) is -0.578. The summed E-state index contributed by atoms with van der Waals surface area (Å²) in [7, 11) is 1.38. The number of hydrogen-bond acceptors (Lipinski definition) is 4. The van der Waals surface area contributed by atoms with E-state index < -0.39 is 0 Å². The van der Waals surface area contributed by atoms with Crippen molar-refractivity contribution in [1.29, 1.82) is 0 Å².